The number of anilines is 1. The number of hydrogen-bond donors (Lipinski definition) is 8. The number of nitrogens with one attached hydrogen (secondary N) is 4. The molecule has 4 unspecified atom stereocenters. The zero-order valence-corrected chi connectivity index (χ0v) is 28.0. The van der Waals surface area contributed by atoms with Crippen LogP contribution in [0.25, 0.3) is 0 Å². The van der Waals surface area contributed by atoms with Crippen LogP contribution in [0.2, 0.25) is 0 Å². The van der Waals surface area contributed by atoms with E-state index in [1.165, 1.54) is 7.05 Å². The molecule has 0 fully saturated rings. The second kappa shape index (κ2) is 20.6. The van der Waals surface area contributed by atoms with E-state index < -0.39 is 59.9 Å². The molecule has 0 aliphatic rings. The first kappa shape index (κ1) is 40.6. The third kappa shape index (κ3) is 14.7. The fraction of sp³-hybridized carbons (Fsp3) is 0.613. The fourth-order valence-electron chi connectivity index (χ4n) is 4.72. The normalized spacial score (nSPS) is 13.6. The van der Waals surface area contributed by atoms with Gasteiger partial charge in [-0.1, -0.05) is 46.2 Å². The number of ether oxygens (including phenoxy) is 1. The van der Waals surface area contributed by atoms with E-state index in [2.05, 4.69) is 21.3 Å². The van der Waals surface area contributed by atoms with Crippen molar-refractivity contribution in [3.8, 4) is 0 Å². The first-order chi connectivity index (χ1) is 22.1. The van der Waals surface area contributed by atoms with Gasteiger partial charge in [0.15, 0.2) is 0 Å². The van der Waals surface area contributed by atoms with E-state index in [9.17, 15) is 28.8 Å². The molecular weight excluding hydrogens is 610 g/mol. The molecule has 1 aromatic rings. The minimum absolute atomic E-state index is 0.0918. The molecule has 0 saturated heterocycles. The molecule has 0 radical (unpaired) electrons. The Morgan fingerprint density at radius 1 is 0.830 bits per heavy atom. The summed E-state index contributed by atoms with van der Waals surface area (Å²) in [6.07, 6.45) is 1.57. The quantitative estimate of drug-likeness (QED) is 0.0886. The third-order valence-electron chi connectivity index (χ3n) is 7.37. The Hall–Kier alpha value is -4.44. The minimum atomic E-state index is -1.02. The number of nitrogens with two attached hydrogens (primary N) is 4. The van der Waals surface area contributed by atoms with E-state index in [1.807, 2.05) is 0 Å². The van der Waals surface area contributed by atoms with Crippen LogP contribution >= 0.6 is 0 Å². The SMILES string of the molecule is CC(C)C(NC(=O)C(N)CCCCN)C(=O)NC(CCCNC(N)=O)C(=O)Nc1ccc(COC(=O)N(C)C(C(N)=O)C(C)C)cc1. The molecule has 1 rings (SSSR count). The number of urea groups is 1. The number of nitrogens with zero attached hydrogens (tertiary/aromatic N) is 1. The zero-order chi connectivity index (χ0) is 35.7. The first-order valence-corrected chi connectivity index (χ1v) is 15.8. The number of carbonyl (C=O) groups is 6. The van der Waals surface area contributed by atoms with Crippen LogP contribution in [-0.2, 0) is 30.5 Å². The zero-order valence-electron chi connectivity index (χ0n) is 28.0. The van der Waals surface area contributed by atoms with Gasteiger partial charge >= 0.3 is 12.1 Å². The van der Waals surface area contributed by atoms with Gasteiger partial charge < -0.3 is 48.9 Å². The Labute approximate surface area is 276 Å². The molecule has 16 nitrogen and oxygen atoms in total. The number of likely N-dealkylation sites (N-methyl/N-ethyl adjacent to an activating group) is 1. The topological polar surface area (TPSA) is 267 Å². The molecular formula is C31H53N9O7. The number of amides is 7. The van der Waals surface area contributed by atoms with Gasteiger partial charge in [-0.3, -0.25) is 24.1 Å². The molecule has 0 heterocycles. The summed E-state index contributed by atoms with van der Waals surface area (Å²) in [5, 5.41) is 10.6. The average molecular weight is 664 g/mol. The van der Waals surface area contributed by atoms with Crippen molar-refractivity contribution in [1.82, 2.24) is 20.9 Å². The smallest absolute Gasteiger partial charge is 0.410 e. The minimum Gasteiger partial charge on any atom is -0.445 e. The lowest BCUT2D eigenvalue weighted by Crippen LogP contribution is -2.56. The van der Waals surface area contributed by atoms with Crippen molar-refractivity contribution in [2.24, 2.45) is 34.8 Å². The molecule has 0 aliphatic carbocycles. The van der Waals surface area contributed by atoms with E-state index in [1.54, 1.807) is 52.0 Å². The molecule has 4 atom stereocenters. The first-order valence-electron chi connectivity index (χ1n) is 15.8. The molecule has 0 spiro atoms. The Morgan fingerprint density at radius 3 is 2.00 bits per heavy atom. The second-order valence-electron chi connectivity index (χ2n) is 12.1. The highest BCUT2D eigenvalue weighted by atomic mass is 16.6. The lowest BCUT2D eigenvalue weighted by molar-refractivity contribution is -0.132. The van der Waals surface area contributed by atoms with Gasteiger partial charge in [-0.05, 0) is 61.8 Å². The number of rotatable bonds is 20. The van der Waals surface area contributed by atoms with E-state index in [-0.39, 0.29) is 31.4 Å². The molecule has 7 amide bonds. The summed E-state index contributed by atoms with van der Waals surface area (Å²) in [5.41, 5.74) is 23.1. The van der Waals surface area contributed by atoms with E-state index in [0.29, 0.717) is 37.1 Å². The molecule has 0 saturated carbocycles. The molecule has 47 heavy (non-hydrogen) atoms. The predicted octanol–water partition coefficient (Wildman–Crippen LogP) is 0.234. The van der Waals surface area contributed by atoms with Crippen molar-refractivity contribution in [1.29, 1.82) is 0 Å². The summed E-state index contributed by atoms with van der Waals surface area (Å²) < 4.78 is 5.32. The van der Waals surface area contributed by atoms with Gasteiger partial charge in [-0.2, -0.15) is 0 Å². The maximum absolute atomic E-state index is 13.3. The van der Waals surface area contributed by atoms with Crippen LogP contribution in [-0.4, -0.2) is 85.0 Å². The van der Waals surface area contributed by atoms with Crippen LogP contribution in [0.4, 0.5) is 15.3 Å². The molecule has 264 valence electrons. The Bertz CT molecular complexity index is 1190. The Balaban J connectivity index is 2.94. The summed E-state index contributed by atoms with van der Waals surface area (Å²) >= 11 is 0. The van der Waals surface area contributed by atoms with Crippen molar-refractivity contribution in [3.63, 3.8) is 0 Å². The van der Waals surface area contributed by atoms with Crippen LogP contribution in [0.5, 0.6) is 0 Å². The predicted molar refractivity (Wildman–Crippen MR) is 177 cm³/mol. The van der Waals surface area contributed by atoms with Crippen molar-refractivity contribution < 1.29 is 33.5 Å². The lowest BCUT2D eigenvalue weighted by atomic mass is 10.0. The summed E-state index contributed by atoms with van der Waals surface area (Å²) in [7, 11) is 1.44. The summed E-state index contributed by atoms with van der Waals surface area (Å²) in [4.78, 5) is 75.8. The van der Waals surface area contributed by atoms with Crippen LogP contribution in [0, 0.1) is 11.8 Å². The number of carbonyl (C=O) groups excluding carboxylic acids is 6. The number of benzene rings is 1. The van der Waals surface area contributed by atoms with Crippen LogP contribution in [0.1, 0.15) is 65.4 Å². The number of primary amides is 2. The number of unbranched alkanes of at least 4 members (excludes halogenated alkanes) is 1. The maximum atomic E-state index is 13.3. The molecule has 1 aromatic carbocycles. The summed E-state index contributed by atoms with van der Waals surface area (Å²) in [6.45, 7) is 7.62. The highest BCUT2D eigenvalue weighted by molar-refractivity contribution is 5.98. The molecule has 0 bridgehead atoms. The van der Waals surface area contributed by atoms with Crippen LogP contribution in [0.3, 0.4) is 0 Å². The monoisotopic (exact) mass is 663 g/mol. The van der Waals surface area contributed by atoms with Crippen molar-refractivity contribution in [2.75, 3.05) is 25.5 Å². The fourth-order valence-corrected chi connectivity index (χ4v) is 4.72. The molecule has 12 N–H and O–H groups in total. The van der Waals surface area contributed by atoms with Gasteiger partial charge in [-0.15, -0.1) is 0 Å². The van der Waals surface area contributed by atoms with Gasteiger partial charge in [0.25, 0.3) is 0 Å². The van der Waals surface area contributed by atoms with Crippen molar-refractivity contribution in [3.05, 3.63) is 29.8 Å². The largest absolute Gasteiger partial charge is 0.445 e. The molecule has 0 aromatic heterocycles. The number of hydrogen-bond acceptors (Lipinski definition) is 9. The standard InChI is InChI=1S/C31H53N9O7/c1-18(2)24(39-27(42)22(33)9-6-7-15-32)29(44)38-23(10-8-16-36-30(35)45)28(43)37-21-13-11-20(12-14-21)17-47-31(46)40(5)25(19(3)4)26(34)41/h11-14,18-19,22-25H,6-10,15-17,32-33H2,1-5H3,(H2,34,41)(H,37,43)(H,38,44)(H,39,42)(H3,35,36,45). The molecule has 0 aliphatic heterocycles. The van der Waals surface area contributed by atoms with Gasteiger partial charge in [0, 0.05) is 19.3 Å². The third-order valence-corrected chi connectivity index (χ3v) is 7.37. The highest BCUT2D eigenvalue weighted by Crippen LogP contribution is 2.15. The van der Waals surface area contributed by atoms with Gasteiger partial charge in [0.2, 0.25) is 23.6 Å². The van der Waals surface area contributed by atoms with E-state index >= 15 is 0 Å². The molecule has 16 heteroatoms. The van der Waals surface area contributed by atoms with Gasteiger partial charge in [0.1, 0.15) is 24.7 Å². The van der Waals surface area contributed by atoms with E-state index in [4.69, 9.17) is 27.7 Å². The van der Waals surface area contributed by atoms with Crippen molar-refractivity contribution in [2.45, 2.75) is 90.6 Å². The Kier molecular flexibility index (Phi) is 17.8. The van der Waals surface area contributed by atoms with Crippen LogP contribution in [0.15, 0.2) is 24.3 Å². The lowest BCUT2D eigenvalue weighted by Gasteiger charge is -2.27. The van der Waals surface area contributed by atoms with Gasteiger partial charge in [0.05, 0.1) is 6.04 Å². The maximum Gasteiger partial charge on any atom is 0.410 e. The van der Waals surface area contributed by atoms with Gasteiger partial charge in [-0.25, -0.2) is 9.59 Å². The van der Waals surface area contributed by atoms with Crippen LogP contribution < -0.4 is 44.2 Å². The summed E-state index contributed by atoms with van der Waals surface area (Å²) in [5.74, 6) is -2.73. The second-order valence-corrected chi connectivity index (χ2v) is 12.1. The Morgan fingerprint density at radius 2 is 1.47 bits per heavy atom. The van der Waals surface area contributed by atoms with E-state index in [0.717, 1.165) is 11.3 Å². The van der Waals surface area contributed by atoms with Crippen molar-refractivity contribution >= 4 is 41.4 Å². The highest BCUT2D eigenvalue weighted by Gasteiger charge is 2.31. The average Bonchev–Trinajstić information content (AvgIpc) is 2.99. The summed E-state index contributed by atoms with van der Waals surface area (Å²) in [6, 6.07) is 2.15.